The molecule has 1 fully saturated rings. The molecule has 4 N–H and O–H groups in total. The van der Waals surface area contributed by atoms with Crippen molar-refractivity contribution in [3.05, 3.63) is 77.2 Å². The van der Waals surface area contributed by atoms with E-state index in [2.05, 4.69) is 14.8 Å². The molecule has 1 aliphatic rings. The van der Waals surface area contributed by atoms with Crippen LogP contribution in [0, 0.1) is 6.92 Å². The van der Waals surface area contributed by atoms with Crippen molar-refractivity contribution in [3.63, 3.8) is 0 Å². The van der Waals surface area contributed by atoms with Crippen LogP contribution >= 0.6 is 0 Å². The lowest BCUT2D eigenvalue weighted by Gasteiger charge is -2.38. The second-order valence-electron chi connectivity index (χ2n) is 9.93. The predicted octanol–water partition coefficient (Wildman–Crippen LogP) is 3.78. The number of pyridine rings is 2. The number of hydrogen-bond donors (Lipinski definition) is 2. The molecule has 0 radical (unpaired) electrons. The summed E-state index contributed by atoms with van der Waals surface area (Å²) in [6.45, 7) is 5.82. The van der Waals surface area contributed by atoms with Gasteiger partial charge in [0.2, 0.25) is 0 Å². The molecule has 2 aromatic carbocycles. The largest absolute Gasteiger partial charge is 0.492 e. The molecule has 0 atom stereocenters. The third-order valence-electron chi connectivity index (χ3n) is 7.40. The minimum atomic E-state index is -0.430. The van der Waals surface area contributed by atoms with Crippen molar-refractivity contribution in [2.75, 3.05) is 55.4 Å². The average Bonchev–Trinajstić information content (AvgIpc) is 3.00. The second kappa shape index (κ2) is 11.8. The molecule has 0 unspecified atom stereocenters. The van der Waals surface area contributed by atoms with Crippen molar-refractivity contribution in [2.45, 2.75) is 20.5 Å². The van der Waals surface area contributed by atoms with Crippen LogP contribution in [0.3, 0.4) is 0 Å². The van der Waals surface area contributed by atoms with Crippen LogP contribution in [0.1, 0.15) is 38.9 Å². The van der Waals surface area contributed by atoms with E-state index in [0.29, 0.717) is 60.0 Å². The van der Waals surface area contributed by atoms with Crippen molar-refractivity contribution in [2.24, 2.45) is 5.73 Å². The summed E-state index contributed by atoms with van der Waals surface area (Å²) in [6, 6.07) is 13.7. The number of nitrogens with two attached hydrogens (primary N) is 2. The number of nitrogens with zero attached hydrogens (tertiary/aromatic N) is 4. The number of Topliss-reactive ketones (excluding diaryl/α,β-unsaturated/α-hetero) is 2. The first-order valence-electron chi connectivity index (χ1n) is 13.5. The van der Waals surface area contributed by atoms with Crippen LogP contribution in [0.5, 0.6) is 11.5 Å². The van der Waals surface area contributed by atoms with Gasteiger partial charge in [0, 0.05) is 44.3 Å². The van der Waals surface area contributed by atoms with Crippen LogP contribution in [-0.4, -0.2) is 61.4 Å². The van der Waals surface area contributed by atoms with Crippen LogP contribution < -0.4 is 30.7 Å². The molecule has 0 spiro atoms. The Balaban J connectivity index is 1.68. The van der Waals surface area contributed by atoms with Crippen molar-refractivity contribution in [3.8, 4) is 11.5 Å². The van der Waals surface area contributed by atoms with Gasteiger partial charge in [-0.25, -0.2) is 4.98 Å². The Morgan fingerprint density at radius 1 is 0.951 bits per heavy atom. The van der Waals surface area contributed by atoms with Crippen molar-refractivity contribution in [1.29, 1.82) is 0 Å². The number of ether oxygens (including phenoxy) is 2. The number of fused-ring (bicyclic) bond motifs is 1. The number of nitrogen functional groups attached to an aromatic ring is 1. The van der Waals surface area contributed by atoms with Crippen LogP contribution in [0.25, 0.3) is 10.9 Å². The molecule has 10 nitrogen and oxygen atoms in total. The maximum absolute atomic E-state index is 13.3. The summed E-state index contributed by atoms with van der Waals surface area (Å²) in [5.74, 6) is 0.0648. The minimum Gasteiger partial charge on any atom is -0.492 e. The van der Waals surface area contributed by atoms with E-state index in [1.807, 2.05) is 49.4 Å². The fourth-order valence-corrected chi connectivity index (χ4v) is 5.46. The number of carbonyl (C=O) groups is 2. The molecule has 0 bridgehead atoms. The smallest absolute Gasteiger partial charge is 0.183 e. The van der Waals surface area contributed by atoms with Gasteiger partial charge in [-0.1, -0.05) is 30.3 Å². The van der Waals surface area contributed by atoms with Gasteiger partial charge in [-0.3, -0.25) is 14.6 Å². The molecule has 4 aromatic rings. The van der Waals surface area contributed by atoms with Crippen molar-refractivity contribution < 1.29 is 19.1 Å². The van der Waals surface area contributed by atoms with E-state index < -0.39 is 5.78 Å². The maximum atomic E-state index is 13.3. The first-order chi connectivity index (χ1) is 19.8. The van der Waals surface area contributed by atoms with Gasteiger partial charge in [0.1, 0.15) is 12.1 Å². The van der Waals surface area contributed by atoms with Crippen LogP contribution in [0.4, 0.5) is 17.1 Å². The summed E-state index contributed by atoms with van der Waals surface area (Å²) in [7, 11) is 1.53. The molecule has 0 aliphatic carbocycles. The molecule has 0 saturated carbocycles. The Hall–Kier alpha value is -4.70. The zero-order valence-corrected chi connectivity index (χ0v) is 23.5. The van der Waals surface area contributed by atoms with Gasteiger partial charge >= 0.3 is 0 Å². The van der Waals surface area contributed by atoms with E-state index in [9.17, 15) is 9.59 Å². The lowest BCUT2D eigenvalue weighted by Crippen LogP contribution is -2.47. The van der Waals surface area contributed by atoms with Gasteiger partial charge in [0.15, 0.2) is 23.1 Å². The summed E-state index contributed by atoms with van der Waals surface area (Å²) in [5, 5.41) is 0.425. The SMILES string of the molecule is COc1c(OCc2ccccc2)c(C)nc2c(N3CCN(c4ccncc4)CC3)c(C(C)=O)c(C(=O)CN)c(N)c12. The van der Waals surface area contributed by atoms with E-state index in [1.54, 1.807) is 12.4 Å². The number of aromatic nitrogens is 2. The summed E-state index contributed by atoms with van der Waals surface area (Å²) >= 11 is 0. The number of methoxy groups -OCH3 is 1. The number of ketones is 2. The summed E-state index contributed by atoms with van der Waals surface area (Å²) in [6.07, 6.45) is 3.54. The van der Waals surface area contributed by atoms with E-state index in [1.165, 1.54) is 14.0 Å². The number of hydrogen-bond acceptors (Lipinski definition) is 10. The molecule has 10 heteroatoms. The first kappa shape index (κ1) is 27.9. The topological polar surface area (TPSA) is 137 Å². The third kappa shape index (κ3) is 5.26. The van der Waals surface area contributed by atoms with E-state index >= 15 is 0 Å². The number of carbonyl (C=O) groups excluding carboxylic acids is 2. The zero-order valence-electron chi connectivity index (χ0n) is 23.5. The van der Waals surface area contributed by atoms with E-state index in [4.69, 9.17) is 25.9 Å². The number of anilines is 3. The molecular formula is C31H34N6O4. The molecule has 1 saturated heterocycles. The minimum absolute atomic E-state index is 0.0945. The number of piperazine rings is 1. The second-order valence-corrected chi connectivity index (χ2v) is 9.93. The zero-order chi connectivity index (χ0) is 29.1. The predicted molar refractivity (Wildman–Crippen MR) is 160 cm³/mol. The van der Waals surface area contributed by atoms with Crippen LogP contribution in [0.15, 0.2) is 54.9 Å². The van der Waals surface area contributed by atoms with Gasteiger partial charge in [-0.15, -0.1) is 0 Å². The standard InChI is InChI=1S/C31H34N6O4/c1-19-30(41-18-21-7-5-4-6-8-21)31(40-3)26-27(33)25(23(39)17-32)24(20(2)38)29(28(26)35-19)37-15-13-36(14-16-37)22-9-11-34-12-10-22/h4-12H,13-18,32-33H2,1-3H3. The van der Waals surface area contributed by atoms with Gasteiger partial charge in [0.05, 0.1) is 47.2 Å². The molecule has 5 rings (SSSR count). The number of benzene rings is 2. The summed E-state index contributed by atoms with van der Waals surface area (Å²) in [4.78, 5) is 39.9. The lowest BCUT2D eigenvalue weighted by atomic mass is 9.91. The Kier molecular flexibility index (Phi) is 8.02. The highest BCUT2D eigenvalue weighted by molar-refractivity contribution is 6.23. The van der Waals surface area contributed by atoms with Gasteiger partial charge in [-0.05, 0) is 31.5 Å². The fourth-order valence-electron chi connectivity index (χ4n) is 5.46. The lowest BCUT2D eigenvalue weighted by molar-refractivity contribution is 0.0975. The Morgan fingerprint density at radius 3 is 2.22 bits per heavy atom. The molecule has 0 amide bonds. The third-order valence-corrected chi connectivity index (χ3v) is 7.40. The molecular weight excluding hydrogens is 520 g/mol. The normalized spacial score (nSPS) is 13.4. The van der Waals surface area contributed by atoms with E-state index in [-0.39, 0.29) is 35.7 Å². The van der Waals surface area contributed by atoms with E-state index in [0.717, 1.165) is 11.3 Å². The molecule has 3 heterocycles. The summed E-state index contributed by atoms with van der Waals surface area (Å²) in [5.41, 5.74) is 16.6. The maximum Gasteiger partial charge on any atom is 0.183 e. The number of aryl methyl sites for hydroxylation is 1. The molecule has 41 heavy (non-hydrogen) atoms. The Morgan fingerprint density at radius 2 is 1.61 bits per heavy atom. The highest BCUT2D eigenvalue weighted by atomic mass is 16.5. The molecule has 2 aromatic heterocycles. The average molecular weight is 555 g/mol. The van der Waals surface area contributed by atoms with Crippen molar-refractivity contribution >= 4 is 39.5 Å². The monoisotopic (exact) mass is 554 g/mol. The van der Waals surface area contributed by atoms with Gasteiger partial charge < -0.3 is 30.7 Å². The molecule has 1 aliphatic heterocycles. The molecule has 212 valence electrons. The van der Waals surface area contributed by atoms with Crippen molar-refractivity contribution in [1.82, 2.24) is 9.97 Å². The highest BCUT2D eigenvalue weighted by Crippen LogP contribution is 2.47. The van der Waals surface area contributed by atoms with Gasteiger partial charge in [0.25, 0.3) is 0 Å². The van der Waals surface area contributed by atoms with Crippen LogP contribution in [0.2, 0.25) is 0 Å². The quantitative estimate of drug-likeness (QED) is 0.232. The first-order valence-corrected chi connectivity index (χ1v) is 13.5. The summed E-state index contributed by atoms with van der Waals surface area (Å²) < 4.78 is 12.1. The highest BCUT2D eigenvalue weighted by Gasteiger charge is 2.33. The van der Waals surface area contributed by atoms with Crippen LogP contribution in [-0.2, 0) is 6.61 Å². The number of rotatable bonds is 9. The Labute approximate surface area is 238 Å². The fraction of sp³-hybridized carbons (Fsp3) is 0.290. The Bertz CT molecular complexity index is 1590. The van der Waals surface area contributed by atoms with Gasteiger partial charge in [-0.2, -0.15) is 0 Å².